The Morgan fingerprint density at radius 1 is 1.10 bits per heavy atom. The fraction of sp³-hybridized carbons (Fsp3) is 0.250. The molecule has 0 N–H and O–H groups in total. The molecule has 0 fully saturated rings. The molecule has 0 saturated heterocycles. The van der Waals surface area contributed by atoms with E-state index in [2.05, 4.69) is 4.98 Å². The molecule has 156 valence electrons. The van der Waals surface area contributed by atoms with Crippen molar-refractivity contribution in [3.63, 3.8) is 0 Å². The van der Waals surface area contributed by atoms with Gasteiger partial charge >= 0.3 is 0 Å². The average Bonchev–Trinajstić information content (AvgIpc) is 2.75. The standard InChI is InChI=1S/C24H26ClN3O2/c1-17-15-21(12-13-22(17)25)30-18(2)24(29)28(23-7-5-6-14-26-23)16-19-8-10-20(11-9-19)27(3)4/h5-15,18H,16H2,1-4H3/t18-/m0/s1. The third-order valence-electron chi connectivity index (χ3n) is 4.78. The Morgan fingerprint density at radius 2 is 1.83 bits per heavy atom. The molecule has 0 aliphatic heterocycles. The summed E-state index contributed by atoms with van der Waals surface area (Å²) in [5.74, 6) is 1.02. The van der Waals surface area contributed by atoms with E-state index >= 15 is 0 Å². The zero-order valence-electron chi connectivity index (χ0n) is 17.7. The maximum atomic E-state index is 13.3. The van der Waals surface area contributed by atoms with Crippen molar-refractivity contribution in [1.29, 1.82) is 0 Å². The van der Waals surface area contributed by atoms with Gasteiger partial charge < -0.3 is 9.64 Å². The summed E-state index contributed by atoms with van der Waals surface area (Å²) in [5, 5.41) is 0.664. The van der Waals surface area contributed by atoms with E-state index in [0.29, 0.717) is 23.1 Å². The van der Waals surface area contributed by atoms with Crippen LogP contribution in [0.1, 0.15) is 18.1 Å². The monoisotopic (exact) mass is 423 g/mol. The summed E-state index contributed by atoms with van der Waals surface area (Å²) >= 11 is 6.09. The van der Waals surface area contributed by atoms with E-state index in [4.69, 9.17) is 16.3 Å². The van der Waals surface area contributed by atoms with Gasteiger partial charge in [-0.3, -0.25) is 9.69 Å². The number of halogens is 1. The van der Waals surface area contributed by atoms with Crippen LogP contribution in [0.25, 0.3) is 0 Å². The topological polar surface area (TPSA) is 45.7 Å². The molecule has 0 spiro atoms. The largest absolute Gasteiger partial charge is 0.481 e. The van der Waals surface area contributed by atoms with Crippen molar-refractivity contribution in [3.8, 4) is 5.75 Å². The van der Waals surface area contributed by atoms with Crippen molar-refractivity contribution in [1.82, 2.24) is 4.98 Å². The first-order chi connectivity index (χ1) is 14.3. The number of pyridine rings is 1. The van der Waals surface area contributed by atoms with Crippen LogP contribution in [0.4, 0.5) is 11.5 Å². The lowest BCUT2D eigenvalue weighted by molar-refractivity contribution is -0.124. The highest BCUT2D eigenvalue weighted by Crippen LogP contribution is 2.23. The number of benzene rings is 2. The molecule has 1 aromatic heterocycles. The number of ether oxygens (including phenoxy) is 1. The molecule has 1 heterocycles. The third-order valence-corrected chi connectivity index (χ3v) is 5.20. The number of hydrogen-bond donors (Lipinski definition) is 0. The fourth-order valence-electron chi connectivity index (χ4n) is 3.03. The van der Waals surface area contributed by atoms with Crippen molar-refractivity contribution >= 4 is 29.0 Å². The first-order valence-corrected chi connectivity index (χ1v) is 10.1. The van der Waals surface area contributed by atoms with Gasteiger partial charge in [-0.15, -0.1) is 0 Å². The number of carbonyl (C=O) groups is 1. The number of anilines is 2. The van der Waals surface area contributed by atoms with Gasteiger partial charge in [-0.2, -0.15) is 0 Å². The highest BCUT2D eigenvalue weighted by molar-refractivity contribution is 6.31. The molecule has 1 amide bonds. The van der Waals surface area contributed by atoms with Gasteiger partial charge in [0, 0.05) is 31.0 Å². The minimum Gasteiger partial charge on any atom is -0.481 e. The van der Waals surface area contributed by atoms with Crippen LogP contribution in [0.15, 0.2) is 66.9 Å². The summed E-state index contributed by atoms with van der Waals surface area (Å²) in [4.78, 5) is 21.4. The van der Waals surface area contributed by atoms with E-state index in [1.54, 1.807) is 30.2 Å². The lowest BCUT2D eigenvalue weighted by atomic mass is 10.1. The van der Waals surface area contributed by atoms with Crippen molar-refractivity contribution in [2.75, 3.05) is 23.9 Å². The number of hydrogen-bond acceptors (Lipinski definition) is 4. The summed E-state index contributed by atoms with van der Waals surface area (Å²) in [5.41, 5.74) is 3.01. The molecule has 3 aromatic rings. The van der Waals surface area contributed by atoms with E-state index in [-0.39, 0.29) is 5.91 Å². The first-order valence-electron chi connectivity index (χ1n) is 9.76. The maximum Gasteiger partial charge on any atom is 0.269 e. The van der Waals surface area contributed by atoms with Crippen LogP contribution < -0.4 is 14.5 Å². The molecule has 0 bridgehead atoms. The van der Waals surface area contributed by atoms with E-state index in [9.17, 15) is 4.79 Å². The van der Waals surface area contributed by atoms with E-state index < -0.39 is 6.10 Å². The molecule has 0 radical (unpaired) electrons. The normalized spacial score (nSPS) is 11.6. The van der Waals surface area contributed by atoms with Crippen LogP contribution in [-0.2, 0) is 11.3 Å². The van der Waals surface area contributed by atoms with Crippen molar-refractivity contribution < 1.29 is 9.53 Å². The SMILES string of the molecule is Cc1cc(O[C@@H](C)C(=O)N(Cc2ccc(N(C)C)cc2)c2ccccn2)ccc1Cl. The van der Waals surface area contributed by atoms with Gasteiger partial charge in [-0.1, -0.05) is 29.8 Å². The number of rotatable bonds is 7. The lowest BCUT2D eigenvalue weighted by Crippen LogP contribution is -2.40. The Hall–Kier alpha value is -3.05. The van der Waals surface area contributed by atoms with E-state index in [1.807, 2.05) is 74.4 Å². The van der Waals surface area contributed by atoms with E-state index in [1.165, 1.54) is 0 Å². The zero-order valence-corrected chi connectivity index (χ0v) is 18.4. The van der Waals surface area contributed by atoms with Crippen LogP contribution in [-0.4, -0.2) is 31.1 Å². The zero-order chi connectivity index (χ0) is 21.7. The second-order valence-corrected chi connectivity index (χ2v) is 7.75. The highest BCUT2D eigenvalue weighted by atomic mass is 35.5. The van der Waals surface area contributed by atoms with Gasteiger partial charge in [-0.05, 0) is 67.4 Å². The predicted molar refractivity (Wildman–Crippen MR) is 122 cm³/mol. The number of aryl methyl sites for hydroxylation is 1. The Labute approximate surface area is 182 Å². The molecule has 5 nitrogen and oxygen atoms in total. The molecular weight excluding hydrogens is 398 g/mol. The molecule has 2 aromatic carbocycles. The van der Waals surface area contributed by atoms with Gasteiger partial charge in [0.15, 0.2) is 6.10 Å². The van der Waals surface area contributed by atoms with Crippen LogP contribution in [0.3, 0.4) is 0 Å². The molecule has 0 aliphatic carbocycles. The molecule has 0 saturated carbocycles. The second-order valence-electron chi connectivity index (χ2n) is 7.34. The van der Waals surface area contributed by atoms with Crippen LogP contribution >= 0.6 is 11.6 Å². The Bertz CT molecular complexity index is 991. The maximum absolute atomic E-state index is 13.3. The quantitative estimate of drug-likeness (QED) is 0.529. The Morgan fingerprint density at radius 3 is 2.43 bits per heavy atom. The lowest BCUT2D eigenvalue weighted by Gasteiger charge is -2.26. The van der Waals surface area contributed by atoms with Crippen LogP contribution in [0, 0.1) is 6.92 Å². The number of nitrogens with zero attached hydrogens (tertiary/aromatic N) is 3. The van der Waals surface area contributed by atoms with Gasteiger partial charge in [0.2, 0.25) is 0 Å². The second kappa shape index (κ2) is 9.63. The molecule has 0 unspecified atom stereocenters. The smallest absolute Gasteiger partial charge is 0.269 e. The Balaban J connectivity index is 1.82. The van der Waals surface area contributed by atoms with Gasteiger partial charge in [0.25, 0.3) is 5.91 Å². The van der Waals surface area contributed by atoms with Crippen molar-refractivity contribution in [3.05, 3.63) is 83.0 Å². The van der Waals surface area contributed by atoms with Gasteiger partial charge in [-0.25, -0.2) is 4.98 Å². The predicted octanol–water partition coefficient (Wildman–Crippen LogP) is 5.11. The van der Waals surface area contributed by atoms with Crippen LogP contribution in [0.2, 0.25) is 5.02 Å². The number of amides is 1. The van der Waals surface area contributed by atoms with Gasteiger partial charge in [0.05, 0.1) is 6.54 Å². The third kappa shape index (κ3) is 5.30. The fourth-order valence-corrected chi connectivity index (χ4v) is 3.15. The minimum absolute atomic E-state index is 0.169. The average molecular weight is 424 g/mol. The van der Waals surface area contributed by atoms with Crippen molar-refractivity contribution in [2.24, 2.45) is 0 Å². The van der Waals surface area contributed by atoms with Crippen LogP contribution in [0.5, 0.6) is 5.75 Å². The molecule has 0 aliphatic rings. The van der Waals surface area contributed by atoms with E-state index in [0.717, 1.165) is 16.8 Å². The molecule has 30 heavy (non-hydrogen) atoms. The van der Waals surface area contributed by atoms with Crippen molar-refractivity contribution in [2.45, 2.75) is 26.5 Å². The summed E-state index contributed by atoms with van der Waals surface area (Å²) in [6, 6.07) is 19.0. The highest BCUT2D eigenvalue weighted by Gasteiger charge is 2.25. The van der Waals surface area contributed by atoms with Gasteiger partial charge in [0.1, 0.15) is 11.6 Å². The number of aromatic nitrogens is 1. The molecular formula is C24H26ClN3O2. The summed E-state index contributed by atoms with van der Waals surface area (Å²) in [6.45, 7) is 4.05. The number of carbonyl (C=O) groups excluding carboxylic acids is 1. The minimum atomic E-state index is -0.686. The Kier molecular flexibility index (Phi) is 6.95. The first kappa shape index (κ1) is 21.7. The summed E-state index contributed by atoms with van der Waals surface area (Å²) < 4.78 is 5.92. The summed E-state index contributed by atoms with van der Waals surface area (Å²) in [6.07, 6.45) is 0.993. The molecule has 6 heteroatoms. The molecule has 3 rings (SSSR count). The molecule has 1 atom stereocenters. The summed E-state index contributed by atoms with van der Waals surface area (Å²) in [7, 11) is 3.99.